The highest BCUT2D eigenvalue weighted by Gasteiger charge is 2.42. The zero-order valence-electron chi connectivity index (χ0n) is 9.78. The van der Waals surface area contributed by atoms with Gasteiger partial charge in [0.25, 0.3) is 0 Å². The highest BCUT2D eigenvalue weighted by Crippen LogP contribution is 2.28. The van der Waals surface area contributed by atoms with Gasteiger partial charge >= 0.3 is 11.9 Å². The largest absolute Gasteiger partial charge is 0.492 e. The normalized spacial score (nSPS) is 12.8. The van der Waals surface area contributed by atoms with Crippen molar-refractivity contribution in [1.82, 2.24) is 0 Å². The van der Waals surface area contributed by atoms with E-state index >= 15 is 0 Å². The van der Waals surface area contributed by atoms with Gasteiger partial charge in [-0.2, -0.15) is 17.6 Å². The summed E-state index contributed by atoms with van der Waals surface area (Å²) < 4.78 is 55.3. The molecule has 0 amide bonds. The molecule has 20 heavy (non-hydrogen) atoms. The molecule has 0 aliphatic carbocycles. The molecule has 0 heterocycles. The van der Waals surface area contributed by atoms with E-state index < -0.39 is 41.0 Å². The maximum Gasteiger partial charge on any atom is 0.401 e. The fourth-order valence-electron chi connectivity index (χ4n) is 1.27. The van der Waals surface area contributed by atoms with E-state index in [1.165, 1.54) is 0 Å². The van der Waals surface area contributed by atoms with Crippen LogP contribution in [0.2, 0.25) is 0 Å². The Morgan fingerprint density at radius 2 is 2.10 bits per heavy atom. The summed E-state index contributed by atoms with van der Waals surface area (Å²) in [5.41, 5.74) is 3.98. The molecule has 0 aromatic heterocycles. The number of nitrogens with two attached hydrogens (primary N) is 1. The number of nitro groups is 1. The summed E-state index contributed by atoms with van der Waals surface area (Å²) in [5, 5.41) is 17.2. The summed E-state index contributed by atoms with van der Waals surface area (Å²) in [7, 11) is 0. The monoisotopic (exact) mass is 295 g/mol. The zero-order chi connectivity index (χ0) is 15.5. The minimum Gasteiger partial charge on any atom is -0.492 e. The first-order chi connectivity index (χ1) is 9.12. The maximum absolute atomic E-state index is 13.2. The Morgan fingerprint density at radius 3 is 2.50 bits per heavy atom. The van der Waals surface area contributed by atoms with Crippen LogP contribution < -0.4 is 10.5 Å². The Bertz CT molecular complexity index is 533. The van der Waals surface area contributed by atoms with Crippen LogP contribution in [0.15, 0.2) is 18.2 Å². The van der Waals surface area contributed by atoms with Crippen LogP contribution >= 0.6 is 0 Å². The molecule has 1 atom stereocenters. The Morgan fingerprint density at radius 1 is 1.50 bits per heavy atom. The number of rotatable bonds is 5. The van der Waals surface area contributed by atoms with Crippen LogP contribution in [0.25, 0.3) is 0 Å². The van der Waals surface area contributed by atoms with Gasteiger partial charge in [0.15, 0.2) is 0 Å². The molecule has 0 saturated carbocycles. The van der Waals surface area contributed by atoms with E-state index in [0.717, 1.165) is 12.1 Å². The first-order valence-corrected chi connectivity index (χ1v) is 5.10. The number of alkyl halides is 3. The molecule has 1 rings (SSSR count). The second-order valence-corrected chi connectivity index (χ2v) is 3.73. The van der Waals surface area contributed by atoms with Crippen LogP contribution in [0.5, 0.6) is 5.75 Å². The van der Waals surface area contributed by atoms with Crippen molar-refractivity contribution in [3.8, 4) is 5.75 Å². The first-order valence-electron chi connectivity index (χ1n) is 5.10. The van der Waals surface area contributed by atoms with Gasteiger partial charge in [-0.25, -0.2) is 0 Å². The van der Waals surface area contributed by atoms with Crippen molar-refractivity contribution in [3.05, 3.63) is 34.1 Å². The third-order valence-corrected chi connectivity index (χ3v) is 2.30. The number of nitrogens with zero attached hydrogens (tertiary/aromatic N) is 1. The zero-order valence-corrected chi connectivity index (χ0v) is 9.78. The van der Waals surface area contributed by atoms with E-state index in [1.807, 2.05) is 0 Å². The molecule has 110 valence electrons. The molecule has 0 spiro atoms. The molecule has 1 aromatic rings. The van der Waals surface area contributed by atoms with Crippen molar-refractivity contribution < 1.29 is 27.2 Å². The SMILES string of the molecule is N=C(N)C(COc1ccc([N+](=O)[O-])c(F)c1)C(F)(F)F. The molecule has 3 N–H and O–H groups in total. The van der Waals surface area contributed by atoms with Crippen LogP contribution in [-0.2, 0) is 0 Å². The maximum atomic E-state index is 13.2. The summed E-state index contributed by atoms with van der Waals surface area (Å²) in [5.74, 6) is -5.04. The Hall–Kier alpha value is -2.39. The van der Waals surface area contributed by atoms with Gasteiger partial charge in [-0.15, -0.1) is 0 Å². The van der Waals surface area contributed by atoms with Gasteiger partial charge < -0.3 is 10.5 Å². The number of ether oxygens (including phenoxy) is 1. The lowest BCUT2D eigenvalue weighted by Gasteiger charge is -2.19. The third kappa shape index (κ3) is 3.80. The van der Waals surface area contributed by atoms with Crippen molar-refractivity contribution in [3.63, 3.8) is 0 Å². The van der Waals surface area contributed by atoms with E-state index in [9.17, 15) is 27.7 Å². The van der Waals surface area contributed by atoms with Gasteiger partial charge in [0, 0.05) is 12.1 Å². The third-order valence-electron chi connectivity index (χ3n) is 2.30. The molecular weight excluding hydrogens is 286 g/mol. The van der Waals surface area contributed by atoms with Crippen molar-refractivity contribution in [2.45, 2.75) is 6.18 Å². The number of nitrogens with one attached hydrogen (secondary N) is 1. The molecule has 0 aliphatic rings. The van der Waals surface area contributed by atoms with Crippen LogP contribution in [-0.4, -0.2) is 23.5 Å². The van der Waals surface area contributed by atoms with Crippen LogP contribution in [0, 0.1) is 27.3 Å². The average Bonchev–Trinajstić information content (AvgIpc) is 2.26. The molecule has 0 bridgehead atoms. The number of hydrogen-bond acceptors (Lipinski definition) is 4. The standard InChI is InChI=1S/C10H9F4N3O3/c11-7-3-5(1-2-8(7)17(18)19)20-4-6(9(15)16)10(12,13)14/h1-3,6H,4H2,(H3,15,16). The van der Waals surface area contributed by atoms with E-state index in [1.54, 1.807) is 0 Å². The molecule has 0 radical (unpaired) electrons. The molecule has 0 saturated heterocycles. The van der Waals surface area contributed by atoms with Crippen molar-refractivity contribution >= 4 is 11.5 Å². The predicted molar refractivity (Wildman–Crippen MR) is 60.0 cm³/mol. The molecule has 1 unspecified atom stereocenters. The lowest BCUT2D eigenvalue weighted by molar-refractivity contribution is -0.387. The summed E-state index contributed by atoms with van der Waals surface area (Å²) in [4.78, 5) is 9.37. The quantitative estimate of drug-likeness (QED) is 0.286. The Balaban J connectivity index is 2.82. The van der Waals surface area contributed by atoms with Gasteiger partial charge in [0.05, 0.1) is 4.92 Å². The number of nitro benzene ring substituents is 1. The molecular formula is C10H9F4N3O3. The van der Waals surface area contributed by atoms with Crippen LogP contribution in [0.1, 0.15) is 0 Å². The summed E-state index contributed by atoms with van der Waals surface area (Å²) in [6.45, 7) is -1.02. The highest BCUT2D eigenvalue weighted by atomic mass is 19.4. The smallest absolute Gasteiger partial charge is 0.401 e. The summed E-state index contributed by atoms with van der Waals surface area (Å²) >= 11 is 0. The number of amidine groups is 1. The number of benzene rings is 1. The van der Waals surface area contributed by atoms with Gasteiger partial charge in [-0.1, -0.05) is 0 Å². The average molecular weight is 295 g/mol. The molecule has 1 aromatic carbocycles. The summed E-state index contributed by atoms with van der Waals surface area (Å²) in [6, 6.07) is 2.31. The molecule has 6 nitrogen and oxygen atoms in total. The van der Waals surface area contributed by atoms with Crippen molar-refractivity contribution in [2.24, 2.45) is 11.7 Å². The molecule has 0 fully saturated rings. The lowest BCUT2D eigenvalue weighted by atomic mass is 10.1. The Kier molecular flexibility index (Phi) is 4.48. The summed E-state index contributed by atoms with van der Waals surface area (Å²) in [6.07, 6.45) is -4.77. The van der Waals surface area contributed by atoms with Crippen molar-refractivity contribution in [1.29, 1.82) is 5.41 Å². The minimum absolute atomic E-state index is 0.330. The highest BCUT2D eigenvalue weighted by molar-refractivity contribution is 5.80. The van der Waals surface area contributed by atoms with Crippen molar-refractivity contribution in [2.75, 3.05) is 6.61 Å². The predicted octanol–water partition coefficient (Wildman–Crippen LogP) is 2.23. The lowest BCUT2D eigenvalue weighted by Crippen LogP contribution is -2.39. The van der Waals surface area contributed by atoms with E-state index in [4.69, 9.17) is 11.1 Å². The molecule has 0 aliphatic heterocycles. The van der Waals surface area contributed by atoms with Gasteiger partial charge in [-0.05, 0) is 6.07 Å². The minimum atomic E-state index is -4.77. The number of hydrogen-bond donors (Lipinski definition) is 2. The second-order valence-electron chi connectivity index (χ2n) is 3.73. The van der Waals surface area contributed by atoms with Gasteiger partial charge in [0.2, 0.25) is 5.82 Å². The van der Waals surface area contributed by atoms with Gasteiger partial charge in [-0.3, -0.25) is 15.5 Å². The van der Waals surface area contributed by atoms with Gasteiger partial charge in [0.1, 0.15) is 24.1 Å². The van der Waals surface area contributed by atoms with E-state index in [2.05, 4.69) is 4.74 Å². The number of halogens is 4. The Labute approximate surface area is 109 Å². The van der Waals surface area contributed by atoms with Crippen LogP contribution in [0.4, 0.5) is 23.2 Å². The first kappa shape index (κ1) is 15.7. The topological polar surface area (TPSA) is 102 Å². The fraction of sp³-hybridized carbons (Fsp3) is 0.300. The second kappa shape index (κ2) is 5.72. The van der Waals surface area contributed by atoms with E-state index in [-0.39, 0.29) is 5.75 Å². The fourth-order valence-corrected chi connectivity index (χ4v) is 1.27. The van der Waals surface area contributed by atoms with E-state index in [0.29, 0.717) is 6.07 Å². The van der Waals surface area contributed by atoms with Crippen LogP contribution in [0.3, 0.4) is 0 Å². The molecule has 10 heteroatoms.